The van der Waals surface area contributed by atoms with Crippen molar-refractivity contribution in [2.75, 3.05) is 13.1 Å². The Balaban J connectivity index is 3.26. The molecule has 0 heterocycles. The van der Waals surface area contributed by atoms with Crippen molar-refractivity contribution >= 4 is 0 Å². The minimum Gasteiger partial charge on any atom is -0.316 e. The van der Waals surface area contributed by atoms with E-state index >= 15 is 0 Å². The topological polar surface area (TPSA) is 12.0 Å². The molecule has 0 bridgehead atoms. The third-order valence-corrected chi connectivity index (χ3v) is 1.99. The van der Waals surface area contributed by atoms with Crippen LogP contribution in [0.2, 0.25) is 0 Å². The van der Waals surface area contributed by atoms with Crippen LogP contribution in [0, 0.1) is 11.8 Å². The van der Waals surface area contributed by atoms with Gasteiger partial charge in [0.05, 0.1) is 0 Å². The maximum atomic E-state index is 4.03. The Hall–Kier alpha value is -0.300. The minimum atomic E-state index is 0.630. The molecular weight excluding hydrogens is 146 g/mol. The largest absolute Gasteiger partial charge is 0.316 e. The highest BCUT2D eigenvalue weighted by atomic mass is 14.8. The fourth-order valence-corrected chi connectivity index (χ4v) is 0.928. The Morgan fingerprint density at radius 3 is 2.25 bits per heavy atom. The van der Waals surface area contributed by atoms with Crippen LogP contribution in [0.15, 0.2) is 12.2 Å². The maximum absolute atomic E-state index is 4.03. The molecule has 12 heavy (non-hydrogen) atoms. The van der Waals surface area contributed by atoms with Crippen LogP contribution in [0.3, 0.4) is 0 Å². The first-order chi connectivity index (χ1) is 5.54. The summed E-state index contributed by atoms with van der Waals surface area (Å²) in [7, 11) is 0. The Bertz CT molecular complexity index is 125. The van der Waals surface area contributed by atoms with Crippen molar-refractivity contribution in [1.82, 2.24) is 5.32 Å². The van der Waals surface area contributed by atoms with E-state index < -0.39 is 0 Å². The lowest BCUT2D eigenvalue weighted by molar-refractivity contribution is 0.546. The summed E-state index contributed by atoms with van der Waals surface area (Å²) in [6.07, 6.45) is 1.12. The van der Waals surface area contributed by atoms with Gasteiger partial charge in [-0.3, -0.25) is 0 Å². The highest BCUT2D eigenvalue weighted by Crippen LogP contribution is 2.09. The fourth-order valence-electron chi connectivity index (χ4n) is 0.928. The van der Waals surface area contributed by atoms with Crippen LogP contribution in [0.4, 0.5) is 0 Å². The van der Waals surface area contributed by atoms with Crippen LogP contribution in [0.1, 0.15) is 34.1 Å². The predicted molar refractivity (Wildman–Crippen MR) is 56.3 cm³/mol. The Morgan fingerprint density at radius 1 is 1.25 bits per heavy atom. The van der Waals surface area contributed by atoms with Gasteiger partial charge in [0.2, 0.25) is 0 Å². The molecular formula is C11H23N. The second-order valence-electron chi connectivity index (χ2n) is 4.16. The SMILES string of the molecule is C=C(CCNCC(C)C)C(C)C. The van der Waals surface area contributed by atoms with Gasteiger partial charge in [0.15, 0.2) is 0 Å². The van der Waals surface area contributed by atoms with Crippen molar-refractivity contribution in [3.05, 3.63) is 12.2 Å². The van der Waals surface area contributed by atoms with E-state index in [1.807, 2.05) is 0 Å². The van der Waals surface area contributed by atoms with Crippen molar-refractivity contribution in [1.29, 1.82) is 0 Å². The Labute approximate surface area is 77.2 Å². The first-order valence-electron chi connectivity index (χ1n) is 4.92. The standard InChI is InChI=1S/C11H23N/c1-9(2)8-12-7-6-11(5)10(3)4/h9-10,12H,5-8H2,1-4H3. The summed E-state index contributed by atoms with van der Waals surface area (Å²) in [4.78, 5) is 0. The van der Waals surface area contributed by atoms with Crippen molar-refractivity contribution < 1.29 is 0 Å². The third-order valence-electron chi connectivity index (χ3n) is 1.99. The molecule has 0 saturated heterocycles. The summed E-state index contributed by atoms with van der Waals surface area (Å²) in [5, 5.41) is 3.41. The van der Waals surface area contributed by atoms with Crippen LogP contribution < -0.4 is 5.32 Å². The molecule has 0 aromatic carbocycles. The molecule has 0 aliphatic heterocycles. The number of hydrogen-bond donors (Lipinski definition) is 1. The van der Waals surface area contributed by atoms with Gasteiger partial charge in [0, 0.05) is 0 Å². The lowest BCUT2D eigenvalue weighted by Gasteiger charge is -2.11. The van der Waals surface area contributed by atoms with E-state index in [-0.39, 0.29) is 0 Å². The molecule has 0 spiro atoms. The summed E-state index contributed by atoms with van der Waals surface area (Å²) in [6.45, 7) is 15.1. The molecule has 72 valence electrons. The second kappa shape index (κ2) is 6.24. The average molecular weight is 169 g/mol. The van der Waals surface area contributed by atoms with Crippen molar-refractivity contribution in [3.63, 3.8) is 0 Å². The van der Waals surface area contributed by atoms with Gasteiger partial charge in [-0.1, -0.05) is 39.8 Å². The quantitative estimate of drug-likeness (QED) is 0.476. The predicted octanol–water partition coefficient (Wildman–Crippen LogP) is 2.83. The van der Waals surface area contributed by atoms with Crippen LogP contribution in [-0.2, 0) is 0 Å². The molecule has 0 unspecified atom stereocenters. The van der Waals surface area contributed by atoms with Gasteiger partial charge >= 0.3 is 0 Å². The zero-order valence-electron chi connectivity index (χ0n) is 8.98. The van der Waals surface area contributed by atoms with Gasteiger partial charge in [0.25, 0.3) is 0 Å². The van der Waals surface area contributed by atoms with Crippen molar-refractivity contribution in [2.24, 2.45) is 11.8 Å². The minimum absolute atomic E-state index is 0.630. The molecule has 0 amide bonds. The van der Waals surface area contributed by atoms with Gasteiger partial charge < -0.3 is 5.32 Å². The number of rotatable bonds is 6. The maximum Gasteiger partial charge on any atom is -0.00115 e. The molecule has 1 heteroatoms. The summed E-state index contributed by atoms with van der Waals surface area (Å²) in [5.74, 6) is 1.38. The summed E-state index contributed by atoms with van der Waals surface area (Å²) in [6, 6.07) is 0. The zero-order chi connectivity index (χ0) is 9.56. The summed E-state index contributed by atoms with van der Waals surface area (Å²) < 4.78 is 0. The molecule has 0 aliphatic carbocycles. The second-order valence-corrected chi connectivity index (χ2v) is 4.16. The van der Waals surface area contributed by atoms with Crippen molar-refractivity contribution in [2.45, 2.75) is 34.1 Å². The number of hydrogen-bond acceptors (Lipinski definition) is 1. The van der Waals surface area contributed by atoms with Crippen LogP contribution >= 0.6 is 0 Å². The van der Waals surface area contributed by atoms with Crippen molar-refractivity contribution in [3.8, 4) is 0 Å². The summed E-state index contributed by atoms with van der Waals surface area (Å²) in [5.41, 5.74) is 1.35. The highest BCUT2D eigenvalue weighted by Gasteiger charge is 1.99. The van der Waals surface area contributed by atoms with Gasteiger partial charge in [-0.15, -0.1) is 0 Å². The fraction of sp³-hybridized carbons (Fsp3) is 0.818. The molecule has 1 N–H and O–H groups in total. The molecule has 0 saturated carbocycles. The lowest BCUT2D eigenvalue weighted by Crippen LogP contribution is -2.21. The van der Waals surface area contributed by atoms with Gasteiger partial charge in [0.1, 0.15) is 0 Å². The van der Waals surface area contributed by atoms with Crippen LogP contribution in [-0.4, -0.2) is 13.1 Å². The molecule has 0 aromatic rings. The smallest absolute Gasteiger partial charge is 0.00115 e. The van der Waals surface area contributed by atoms with Gasteiger partial charge in [-0.05, 0) is 31.3 Å². The first-order valence-corrected chi connectivity index (χ1v) is 4.92. The Morgan fingerprint density at radius 2 is 1.83 bits per heavy atom. The molecule has 0 atom stereocenters. The molecule has 0 rings (SSSR count). The Kier molecular flexibility index (Phi) is 6.09. The van der Waals surface area contributed by atoms with E-state index in [1.54, 1.807) is 0 Å². The van der Waals surface area contributed by atoms with E-state index in [0.717, 1.165) is 25.4 Å². The number of nitrogens with one attached hydrogen (secondary N) is 1. The van der Waals surface area contributed by atoms with Crippen LogP contribution in [0.5, 0.6) is 0 Å². The van der Waals surface area contributed by atoms with E-state index in [2.05, 4.69) is 39.6 Å². The highest BCUT2D eigenvalue weighted by molar-refractivity contribution is 4.97. The summed E-state index contributed by atoms with van der Waals surface area (Å²) >= 11 is 0. The molecule has 0 aromatic heterocycles. The first kappa shape index (κ1) is 11.7. The van der Waals surface area contributed by atoms with E-state index in [0.29, 0.717) is 5.92 Å². The van der Waals surface area contributed by atoms with E-state index in [9.17, 15) is 0 Å². The molecule has 0 aliphatic rings. The normalized spacial score (nSPS) is 11.2. The molecule has 0 fully saturated rings. The molecule has 0 radical (unpaired) electrons. The average Bonchev–Trinajstić information content (AvgIpc) is 1.97. The zero-order valence-corrected chi connectivity index (χ0v) is 8.98. The third kappa shape index (κ3) is 6.41. The van der Waals surface area contributed by atoms with Gasteiger partial charge in [-0.25, -0.2) is 0 Å². The monoisotopic (exact) mass is 169 g/mol. The van der Waals surface area contributed by atoms with Gasteiger partial charge in [-0.2, -0.15) is 0 Å². The van der Waals surface area contributed by atoms with Crippen LogP contribution in [0.25, 0.3) is 0 Å². The lowest BCUT2D eigenvalue weighted by atomic mass is 10.0. The molecule has 1 nitrogen and oxygen atoms in total. The van der Waals surface area contributed by atoms with E-state index in [4.69, 9.17) is 0 Å². The van der Waals surface area contributed by atoms with E-state index in [1.165, 1.54) is 5.57 Å².